The second-order valence-corrected chi connectivity index (χ2v) is 4.29. The zero-order chi connectivity index (χ0) is 13.8. The summed E-state index contributed by atoms with van der Waals surface area (Å²) >= 11 is 0. The first-order valence-corrected chi connectivity index (χ1v) is 6.17. The van der Waals surface area contributed by atoms with Crippen molar-refractivity contribution < 1.29 is 5.11 Å². The van der Waals surface area contributed by atoms with Gasteiger partial charge in [0, 0.05) is 6.54 Å². The van der Waals surface area contributed by atoms with Gasteiger partial charge in [0.05, 0.1) is 11.4 Å². The average molecular weight is 267 g/mol. The molecule has 100 valence electrons. The minimum absolute atomic E-state index is 0.262. The molecule has 1 heterocycles. The Kier molecular flexibility index (Phi) is 3.28. The lowest BCUT2D eigenvalue weighted by Gasteiger charge is -2.11. The zero-order valence-electron chi connectivity index (χ0n) is 10.6. The third kappa shape index (κ3) is 2.59. The molecular formula is C14H13N5O. The Labute approximate surface area is 115 Å². The summed E-state index contributed by atoms with van der Waals surface area (Å²) in [6.07, 6.45) is 1.55. The van der Waals surface area contributed by atoms with Gasteiger partial charge in [0.25, 0.3) is 0 Å². The monoisotopic (exact) mass is 267 g/mol. The third-order valence-electron chi connectivity index (χ3n) is 2.89. The van der Waals surface area contributed by atoms with E-state index in [9.17, 15) is 5.11 Å². The summed E-state index contributed by atoms with van der Waals surface area (Å²) in [5.41, 5.74) is 2.79. The molecule has 0 unspecified atom stereocenters. The van der Waals surface area contributed by atoms with E-state index in [0.717, 1.165) is 16.9 Å². The van der Waals surface area contributed by atoms with Crippen LogP contribution < -0.4 is 5.32 Å². The summed E-state index contributed by atoms with van der Waals surface area (Å²) in [5.74, 6) is 0.262. The van der Waals surface area contributed by atoms with Crippen molar-refractivity contribution in [2.24, 2.45) is 0 Å². The van der Waals surface area contributed by atoms with E-state index in [4.69, 9.17) is 0 Å². The van der Waals surface area contributed by atoms with E-state index in [0.29, 0.717) is 6.54 Å². The first-order valence-electron chi connectivity index (χ1n) is 6.17. The van der Waals surface area contributed by atoms with Crippen molar-refractivity contribution in [3.63, 3.8) is 0 Å². The molecule has 2 aromatic carbocycles. The summed E-state index contributed by atoms with van der Waals surface area (Å²) in [6, 6.07) is 14.9. The normalized spacial score (nSPS) is 10.4. The Morgan fingerprint density at radius 2 is 2.00 bits per heavy atom. The summed E-state index contributed by atoms with van der Waals surface area (Å²) in [7, 11) is 0. The maximum atomic E-state index is 9.46. The molecule has 0 saturated carbocycles. The van der Waals surface area contributed by atoms with Gasteiger partial charge in [0.15, 0.2) is 0 Å². The number of aromatic nitrogens is 4. The Morgan fingerprint density at radius 3 is 2.80 bits per heavy atom. The molecule has 0 atom stereocenters. The molecule has 0 aliphatic rings. The van der Waals surface area contributed by atoms with Crippen LogP contribution in [-0.4, -0.2) is 25.3 Å². The van der Waals surface area contributed by atoms with E-state index in [1.54, 1.807) is 23.1 Å². The molecule has 6 nitrogen and oxygen atoms in total. The third-order valence-corrected chi connectivity index (χ3v) is 2.89. The highest BCUT2D eigenvalue weighted by molar-refractivity contribution is 5.60. The quantitative estimate of drug-likeness (QED) is 0.756. The van der Waals surface area contributed by atoms with Crippen molar-refractivity contribution in [3.8, 4) is 11.4 Å². The molecule has 0 radical (unpaired) electrons. The van der Waals surface area contributed by atoms with Gasteiger partial charge in [-0.1, -0.05) is 24.3 Å². The number of rotatable bonds is 4. The van der Waals surface area contributed by atoms with Gasteiger partial charge in [0.1, 0.15) is 12.1 Å². The van der Waals surface area contributed by atoms with Gasteiger partial charge in [0.2, 0.25) is 0 Å². The van der Waals surface area contributed by atoms with E-state index in [2.05, 4.69) is 20.8 Å². The predicted octanol–water partition coefficient (Wildman–Crippen LogP) is 1.98. The first-order chi connectivity index (χ1) is 9.83. The SMILES string of the molecule is Oc1cccc(CNc2ccccc2-n2cnnn2)c1. The smallest absolute Gasteiger partial charge is 0.143 e. The van der Waals surface area contributed by atoms with E-state index in [-0.39, 0.29) is 5.75 Å². The number of para-hydroxylation sites is 2. The second kappa shape index (κ2) is 5.40. The molecule has 1 aromatic heterocycles. The number of anilines is 1. The molecule has 0 bridgehead atoms. The Morgan fingerprint density at radius 1 is 1.10 bits per heavy atom. The Balaban J connectivity index is 1.81. The number of phenolic OH excluding ortho intramolecular Hbond substituents is 1. The molecule has 0 aliphatic heterocycles. The molecule has 0 saturated heterocycles. The minimum Gasteiger partial charge on any atom is -0.508 e. The minimum atomic E-state index is 0.262. The molecular weight excluding hydrogens is 254 g/mol. The molecule has 0 amide bonds. The van der Waals surface area contributed by atoms with E-state index < -0.39 is 0 Å². The van der Waals surface area contributed by atoms with Crippen LogP contribution in [0.4, 0.5) is 5.69 Å². The van der Waals surface area contributed by atoms with Crippen molar-refractivity contribution in [2.75, 3.05) is 5.32 Å². The molecule has 0 aliphatic carbocycles. The molecule has 3 rings (SSSR count). The number of phenols is 1. The van der Waals surface area contributed by atoms with E-state index in [1.165, 1.54) is 0 Å². The number of nitrogens with one attached hydrogen (secondary N) is 1. The summed E-state index contributed by atoms with van der Waals surface area (Å²) in [6.45, 7) is 0.605. The number of benzene rings is 2. The predicted molar refractivity (Wildman–Crippen MR) is 74.6 cm³/mol. The fourth-order valence-corrected chi connectivity index (χ4v) is 1.96. The van der Waals surface area contributed by atoms with Crippen LogP contribution in [-0.2, 0) is 6.54 Å². The van der Waals surface area contributed by atoms with Crippen molar-refractivity contribution in [3.05, 3.63) is 60.4 Å². The number of nitrogens with zero attached hydrogens (tertiary/aromatic N) is 4. The van der Waals surface area contributed by atoms with Crippen LogP contribution in [0.3, 0.4) is 0 Å². The lowest BCUT2D eigenvalue weighted by atomic mass is 10.2. The van der Waals surface area contributed by atoms with Crippen LogP contribution in [0.25, 0.3) is 5.69 Å². The fourth-order valence-electron chi connectivity index (χ4n) is 1.96. The largest absolute Gasteiger partial charge is 0.508 e. The standard InChI is InChI=1S/C14H13N5O/c20-12-5-3-4-11(8-12)9-15-13-6-1-2-7-14(13)19-10-16-17-18-19/h1-8,10,15,20H,9H2. The van der Waals surface area contributed by atoms with Gasteiger partial charge in [-0.15, -0.1) is 5.10 Å². The summed E-state index contributed by atoms with van der Waals surface area (Å²) in [4.78, 5) is 0. The average Bonchev–Trinajstić information content (AvgIpc) is 3.00. The maximum Gasteiger partial charge on any atom is 0.143 e. The van der Waals surface area contributed by atoms with Crippen LogP contribution in [0.5, 0.6) is 5.75 Å². The topological polar surface area (TPSA) is 75.9 Å². The van der Waals surface area contributed by atoms with Gasteiger partial charge in [-0.3, -0.25) is 0 Å². The lowest BCUT2D eigenvalue weighted by Crippen LogP contribution is -2.04. The number of hydrogen-bond donors (Lipinski definition) is 2. The molecule has 0 spiro atoms. The van der Waals surface area contributed by atoms with E-state index in [1.807, 2.05) is 36.4 Å². The lowest BCUT2D eigenvalue weighted by molar-refractivity contribution is 0.474. The van der Waals surface area contributed by atoms with Crippen LogP contribution in [0, 0.1) is 0 Å². The summed E-state index contributed by atoms with van der Waals surface area (Å²) in [5, 5.41) is 23.9. The Hall–Kier alpha value is -2.89. The van der Waals surface area contributed by atoms with Gasteiger partial charge in [-0.05, 0) is 40.3 Å². The van der Waals surface area contributed by atoms with Crippen molar-refractivity contribution in [1.29, 1.82) is 0 Å². The molecule has 3 aromatic rings. The Bertz CT molecular complexity index is 696. The zero-order valence-corrected chi connectivity index (χ0v) is 10.6. The second-order valence-electron chi connectivity index (χ2n) is 4.29. The molecule has 0 fully saturated rings. The van der Waals surface area contributed by atoms with Crippen molar-refractivity contribution in [2.45, 2.75) is 6.54 Å². The number of aromatic hydroxyl groups is 1. The number of hydrogen-bond acceptors (Lipinski definition) is 5. The maximum absolute atomic E-state index is 9.46. The van der Waals surface area contributed by atoms with Crippen molar-refractivity contribution in [1.82, 2.24) is 20.2 Å². The number of tetrazole rings is 1. The van der Waals surface area contributed by atoms with Crippen LogP contribution in [0.1, 0.15) is 5.56 Å². The van der Waals surface area contributed by atoms with Gasteiger partial charge in [-0.2, -0.15) is 4.68 Å². The highest BCUT2D eigenvalue weighted by Crippen LogP contribution is 2.20. The van der Waals surface area contributed by atoms with Crippen molar-refractivity contribution >= 4 is 5.69 Å². The summed E-state index contributed by atoms with van der Waals surface area (Å²) < 4.78 is 1.60. The molecule has 2 N–H and O–H groups in total. The van der Waals surface area contributed by atoms with Crippen LogP contribution >= 0.6 is 0 Å². The highest BCUT2D eigenvalue weighted by Gasteiger charge is 2.05. The van der Waals surface area contributed by atoms with Gasteiger partial charge < -0.3 is 10.4 Å². The fraction of sp³-hybridized carbons (Fsp3) is 0.0714. The first kappa shape index (κ1) is 12.2. The van der Waals surface area contributed by atoms with E-state index >= 15 is 0 Å². The van der Waals surface area contributed by atoms with Gasteiger partial charge >= 0.3 is 0 Å². The molecule has 20 heavy (non-hydrogen) atoms. The van der Waals surface area contributed by atoms with Gasteiger partial charge in [-0.25, -0.2) is 0 Å². The molecule has 6 heteroatoms. The van der Waals surface area contributed by atoms with Crippen LogP contribution in [0.2, 0.25) is 0 Å². The van der Waals surface area contributed by atoms with Crippen LogP contribution in [0.15, 0.2) is 54.9 Å². The highest BCUT2D eigenvalue weighted by atomic mass is 16.3.